The van der Waals surface area contributed by atoms with Crippen LogP contribution in [-0.2, 0) is 32.1 Å². The largest absolute Gasteiger partial charge is 0.461 e. The van der Waals surface area contributed by atoms with Gasteiger partial charge < -0.3 is 24.4 Å². The van der Waals surface area contributed by atoms with Crippen LogP contribution in [0.2, 0.25) is 0 Å². The van der Waals surface area contributed by atoms with Gasteiger partial charge in [-0.25, -0.2) is 0 Å². The number of nitrogens with zero attached hydrogens (tertiary/aromatic N) is 1. The predicted molar refractivity (Wildman–Crippen MR) is 106 cm³/mol. The molecule has 8 nitrogen and oxygen atoms in total. The van der Waals surface area contributed by atoms with Gasteiger partial charge in [-0.05, 0) is 29.7 Å². The van der Waals surface area contributed by atoms with Crippen molar-refractivity contribution in [3.63, 3.8) is 0 Å². The second kappa shape index (κ2) is 8.86. The molecule has 0 spiro atoms. The molecular formula is C22H22N2O6. The summed E-state index contributed by atoms with van der Waals surface area (Å²) in [5, 5.41) is 2.51. The number of hydrogen-bond acceptors (Lipinski definition) is 6. The van der Waals surface area contributed by atoms with Crippen LogP contribution in [0.1, 0.15) is 11.1 Å². The maximum Gasteiger partial charge on any atom is 0.311 e. The van der Waals surface area contributed by atoms with Gasteiger partial charge in [0, 0.05) is 19.6 Å². The average Bonchev–Trinajstić information content (AvgIpc) is 3.23. The Morgan fingerprint density at radius 1 is 1.07 bits per heavy atom. The number of carbonyl (C=O) groups excluding carboxylic acids is 3. The molecule has 156 valence electrons. The zero-order valence-electron chi connectivity index (χ0n) is 16.3. The molecule has 30 heavy (non-hydrogen) atoms. The number of nitrogens with one attached hydrogen (secondary N) is 1. The Morgan fingerprint density at radius 2 is 1.87 bits per heavy atom. The fourth-order valence-electron chi connectivity index (χ4n) is 3.49. The number of amides is 2. The van der Waals surface area contributed by atoms with E-state index < -0.39 is 23.7 Å². The fraction of sp³-hybridized carbons (Fsp3) is 0.318. The summed E-state index contributed by atoms with van der Waals surface area (Å²) in [6.45, 7) is 1.13. The van der Waals surface area contributed by atoms with Crippen molar-refractivity contribution in [1.82, 2.24) is 10.2 Å². The molecule has 0 radical (unpaired) electrons. The molecule has 0 bridgehead atoms. The van der Waals surface area contributed by atoms with Crippen molar-refractivity contribution in [3.8, 4) is 11.5 Å². The number of carbonyl (C=O) groups is 3. The van der Waals surface area contributed by atoms with E-state index in [1.165, 1.54) is 4.90 Å². The average molecular weight is 410 g/mol. The molecule has 1 unspecified atom stereocenters. The van der Waals surface area contributed by atoms with E-state index in [4.69, 9.17) is 14.2 Å². The molecule has 0 aliphatic carbocycles. The van der Waals surface area contributed by atoms with E-state index in [2.05, 4.69) is 5.32 Å². The van der Waals surface area contributed by atoms with Gasteiger partial charge in [-0.2, -0.15) is 0 Å². The van der Waals surface area contributed by atoms with Crippen molar-refractivity contribution in [1.29, 1.82) is 0 Å². The highest BCUT2D eigenvalue weighted by Gasteiger charge is 2.31. The number of fused-ring (bicyclic) bond motifs is 1. The number of ether oxygens (including phenoxy) is 3. The van der Waals surface area contributed by atoms with Crippen molar-refractivity contribution in [3.05, 3.63) is 59.7 Å². The summed E-state index contributed by atoms with van der Waals surface area (Å²) in [5.74, 6) is -1.05. The zero-order chi connectivity index (χ0) is 20.9. The van der Waals surface area contributed by atoms with Gasteiger partial charge in [-0.1, -0.05) is 36.4 Å². The van der Waals surface area contributed by atoms with Gasteiger partial charge >= 0.3 is 17.8 Å². The van der Waals surface area contributed by atoms with Gasteiger partial charge in [0.2, 0.25) is 6.79 Å². The lowest BCUT2D eigenvalue weighted by molar-refractivity contribution is -0.154. The fourth-order valence-corrected chi connectivity index (χ4v) is 3.49. The van der Waals surface area contributed by atoms with Gasteiger partial charge in [-0.3, -0.25) is 14.4 Å². The maximum atomic E-state index is 12.9. The lowest BCUT2D eigenvalue weighted by Crippen LogP contribution is -2.54. The molecule has 2 amide bonds. The molecule has 1 N–H and O–H groups in total. The van der Waals surface area contributed by atoms with E-state index in [0.717, 1.165) is 11.1 Å². The molecule has 2 aliphatic heterocycles. The number of hydrogen-bond donors (Lipinski definition) is 1. The second-order valence-corrected chi connectivity index (χ2v) is 7.19. The minimum Gasteiger partial charge on any atom is -0.461 e. The first-order valence-corrected chi connectivity index (χ1v) is 9.76. The van der Waals surface area contributed by atoms with Crippen LogP contribution >= 0.6 is 0 Å². The minimum absolute atomic E-state index is 0.105. The van der Waals surface area contributed by atoms with Gasteiger partial charge in [0.25, 0.3) is 0 Å². The van der Waals surface area contributed by atoms with Crippen LogP contribution in [0.4, 0.5) is 0 Å². The molecule has 2 aliphatic rings. The smallest absolute Gasteiger partial charge is 0.311 e. The number of piperazine rings is 1. The summed E-state index contributed by atoms with van der Waals surface area (Å²) in [4.78, 5) is 38.2. The van der Waals surface area contributed by atoms with E-state index in [0.29, 0.717) is 31.0 Å². The number of benzene rings is 2. The van der Waals surface area contributed by atoms with E-state index >= 15 is 0 Å². The van der Waals surface area contributed by atoms with E-state index in [9.17, 15) is 14.4 Å². The van der Waals surface area contributed by atoms with Crippen LogP contribution in [0.15, 0.2) is 48.5 Å². The van der Waals surface area contributed by atoms with Gasteiger partial charge in [0.05, 0.1) is 5.92 Å². The van der Waals surface area contributed by atoms with Crippen LogP contribution in [-0.4, -0.2) is 49.1 Å². The van der Waals surface area contributed by atoms with Crippen LogP contribution in [0.5, 0.6) is 11.5 Å². The van der Waals surface area contributed by atoms with Crippen molar-refractivity contribution >= 4 is 17.8 Å². The highest BCUT2D eigenvalue weighted by Crippen LogP contribution is 2.33. The first kappa shape index (κ1) is 19.8. The highest BCUT2D eigenvalue weighted by molar-refractivity contribution is 6.35. The Hall–Kier alpha value is -3.55. The van der Waals surface area contributed by atoms with E-state index in [1.54, 1.807) is 6.07 Å². The molecule has 1 atom stereocenters. The standard InChI is InChI=1S/C22H22N2O6/c25-20-21(26)24(9-8-23-20)12-17(22(27)28-13-15-4-2-1-3-5-15)10-16-6-7-18-19(11-16)30-14-29-18/h1-7,11,17H,8-10,12-14H2,(H,23,25). The van der Waals surface area contributed by atoms with Crippen molar-refractivity contribution in [2.45, 2.75) is 13.0 Å². The summed E-state index contributed by atoms with van der Waals surface area (Å²) >= 11 is 0. The Kier molecular flexibility index (Phi) is 5.83. The zero-order valence-corrected chi connectivity index (χ0v) is 16.3. The predicted octanol–water partition coefficient (Wildman–Crippen LogP) is 1.28. The lowest BCUT2D eigenvalue weighted by Gasteiger charge is -2.29. The summed E-state index contributed by atoms with van der Waals surface area (Å²) < 4.78 is 16.3. The quantitative estimate of drug-likeness (QED) is 0.546. The van der Waals surface area contributed by atoms with Crippen LogP contribution in [0.25, 0.3) is 0 Å². The molecule has 8 heteroatoms. The molecule has 4 rings (SSSR count). The Balaban J connectivity index is 1.48. The SMILES string of the molecule is O=C1NCCN(CC(Cc2ccc3c(c2)OCO3)C(=O)OCc2ccccc2)C1=O. The monoisotopic (exact) mass is 410 g/mol. The molecule has 2 aromatic rings. The third-order valence-corrected chi connectivity index (χ3v) is 5.07. The molecule has 0 saturated carbocycles. The minimum atomic E-state index is -0.652. The first-order valence-electron chi connectivity index (χ1n) is 9.76. The number of esters is 1. The molecule has 2 aromatic carbocycles. The normalized spacial score (nSPS) is 16.2. The Bertz CT molecular complexity index is 946. The third kappa shape index (κ3) is 4.53. The molecule has 2 heterocycles. The summed E-state index contributed by atoms with van der Waals surface area (Å²) in [5.41, 5.74) is 1.73. The number of rotatable bonds is 7. The summed E-state index contributed by atoms with van der Waals surface area (Å²) in [6.07, 6.45) is 0.343. The summed E-state index contributed by atoms with van der Waals surface area (Å²) in [6, 6.07) is 14.9. The van der Waals surface area contributed by atoms with Crippen LogP contribution < -0.4 is 14.8 Å². The lowest BCUT2D eigenvalue weighted by atomic mass is 9.98. The Labute approximate surface area is 173 Å². The topological polar surface area (TPSA) is 94.2 Å². The first-order chi connectivity index (χ1) is 14.6. The van der Waals surface area contributed by atoms with E-state index in [1.807, 2.05) is 42.5 Å². The second-order valence-electron chi connectivity index (χ2n) is 7.19. The van der Waals surface area contributed by atoms with Crippen molar-refractivity contribution in [2.24, 2.45) is 5.92 Å². The van der Waals surface area contributed by atoms with E-state index in [-0.39, 0.29) is 19.9 Å². The van der Waals surface area contributed by atoms with Crippen LogP contribution in [0, 0.1) is 5.92 Å². The molecule has 1 saturated heterocycles. The van der Waals surface area contributed by atoms with Crippen molar-refractivity contribution < 1.29 is 28.6 Å². The molecule has 1 fully saturated rings. The molecular weight excluding hydrogens is 388 g/mol. The summed E-state index contributed by atoms with van der Waals surface area (Å²) in [7, 11) is 0. The Morgan fingerprint density at radius 3 is 2.70 bits per heavy atom. The van der Waals surface area contributed by atoms with Gasteiger partial charge in [0.15, 0.2) is 11.5 Å². The highest BCUT2D eigenvalue weighted by atomic mass is 16.7. The van der Waals surface area contributed by atoms with Crippen molar-refractivity contribution in [2.75, 3.05) is 26.4 Å². The van der Waals surface area contributed by atoms with Crippen LogP contribution in [0.3, 0.4) is 0 Å². The molecule has 0 aromatic heterocycles. The van der Waals surface area contributed by atoms with Gasteiger partial charge in [-0.15, -0.1) is 0 Å². The van der Waals surface area contributed by atoms with Gasteiger partial charge in [0.1, 0.15) is 6.61 Å². The third-order valence-electron chi connectivity index (χ3n) is 5.07. The maximum absolute atomic E-state index is 12.9.